The molecule has 3 unspecified atom stereocenters. The molecule has 184 valence electrons. The lowest BCUT2D eigenvalue weighted by Crippen LogP contribution is -2.51. The van der Waals surface area contributed by atoms with Crippen LogP contribution in [0.2, 0.25) is 0 Å². The summed E-state index contributed by atoms with van der Waals surface area (Å²) in [5.41, 5.74) is 2.06. The first-order valence-corrected chi connectivity index (χ1v) is 12.1. The lowest BCUT2D eigenvalue weighted by Gasteiger charge is -2.49. The third-order valence-corrected chi connectivity index (χ3v) is 8.40. The highest BCUT2D eigenvalue weighted by atomic mass is 16.5. The summed E-state index contributed by atoms with van der Waals surface area (Å²) in [6.07, 6.45) is 6.08. The summed E-state index contributed by atoms with van der Waals surface area (Å²) in [7, 11) is 0. The molecule has 0 saturated heterocycles. The molecule has 2 aliphatic rings. The molecule has 2 N–H and O–H groups in total. The van der Waals surface area contributed by atoms with Crippen molar-refractivity contribution in [1.82, 2.24) is 4.90 Å². The second-order valence-electron chi connectivity index (χ2n) is 10.0. The number of nitrogens with zero attached hydrogens (tertiary/aromatic N) is 1. The maximum Gasteiger partial charge on any atom is 0.328 e. The van der Waals surface area contributed by atoms with Crippen LogP contribution in [-0.2, 0) is 20.7 Å². The Kier molecular flexibility index (Phi) is 9.27. The SMILES string of the molecule is CCN(CC)CCOC1(Cc2ccccc2)CC2CCC1(C)C2(C)C.O=C(O)/C=C/C(=O)O. The van der Waals surface area contributed by atoms with Gasteiger partial charge in [0.25, 0.3) is 0 Å². The molecule has 0 aliphatic heterocycles. The van der Waals surface area contributed by atoms with Gasteiger partial charge >= 0.3 is 11.9 Å². The van der Waals surface area contributed by atoms with Gasteiger partial charge in [0.1, 0.15) is 0 Å². The van der Waals surface area contributed by atoms with Crippen molar-refractivity contribution in [2.45, 2.75) is 65.9 Å². The van der Waals surface area contributed by atoms with Gasteiger partial charge in [-0.3, -0.25) is 0 Å². The molecule has 2 saturated carbocycles. The van der Waals surface area contributed by atoms with E-state index in [1.54, 1.807) is 0 Å². The summed E-state index contributed by atoms with van der Waals surface area (Å²) in [5.74, 6) is -1.71. The first-order chi connectivity index (χ1) is 15.5. The average molecular weight is 460 g/mol. The number of hydrogen-bond donors (Lipinski definition) is 2. The smallest absolute Gasteiger partial charge is 0.328 e. The quantitative estimate of drug-likeness (QED) is 0.485. The fraction of sp³-hybridized carbons (Fsp3) is 0.630. The monoisotopic (exact) mass is 459 g/mol. The zero-order valence-corrected chi connectivity index (χ0v) is 20.8. The highest BCUT2D eigenvalue weighted by molar-refractivity contribution is 5.89. The Morgan fingerprint density at radius 1 is 1.06 bits per heavy atom. The van der Waals surface area contributed by atoms with Crippen molar-refractivity contribution in [2.24, 2.45) is 16.7 Å². The zero-order chi connectivity index (χ0) is 24.7. The van der Waals surface area contributed by atoms with Crippen molar-refractivity contribution in [3.05, 3.63) is 48.0 Å². The van der Waals surface area contributed by atoms with Gasteiger partial charge in [0.2, 0.25) is 0 Å². The van der Waals surface area contributed by atoms with Gasteiger partial charge in [-0.1, -0.05) is 65.0 Å². The largest absolute Gasteiger partial charge is 0.478 e. The molecule has 0 heterocycles. The van der Waals surface area contributed by atoms with Crippen LogP contribution in [-0.4, -0.2) is 58.9 Å². The first kappa shape index (κ1) is 27.1. The Balaban J connectivity index is 0.000000414. The van der Waals surface area contributed by atoms with Crippen LogP contribution >= 0.6 is 0 Å². The number of aliphatic carboxylic acids is 2. The number of carboxylic acids is 2. The van der Waals surface area contributed by atoms with Crippen molar-refractivity contribution < 1.29 is 24.5 Å². The van der Waals surface area contributed by atoms with E-state index in [0.717, 1.165) is 38.6 Å². The zero-order valence-electron chi connectivity index (χ0n) is 20.8. The molecule has 1 aromatic rings. The van der Waals surface area contributed by atoms with Crippen molar-refractivity contribution in [3.63, 3.8) is 0 Å². The van der Waals surface area contributed by atoms with Crippen LogP contribution in [0.25, 0.3) is 0 Å². The van der Waals surface area contributed by atoms with E-state index in [1.165, 1.54) is 24.8 Å². The Hall–Kier alpha value is -2.18. The number of carboxylic acid groups (broad SMARTS) is 2. The van der Waals surface area contributed by atoms with E-state index >= 15 is 0 Å². The maximum atomic E-state index is 9.55. The molecular formula is C27H41NO5. The normalized spacial score (nSPS) is 27.5. The highest BCUT2D eigenvalue weighted by Gasteiger charge is 2.69. The minimum atomic E-state index is -1.26. The lowest BCUT2D eigenvalue weighted by molar-refractivity contribution is -0.141. The van der Waals surface area contributed by atoms with E-state index < -0.39 is 11.9 Å². The molecule has 2 bridgehead atoms. The minimum Gasteiger partial charge on any atom is -0.478 e. The van der Waals surface area contributed by atoms with Crippen LogP contribution < -0.4 is 0 Å². The van der Waals surface area contributed by atoms with E-state index in [2.05, 4.69) is 69.9 Å². The summed E-state index contributed by atoms with van der Waals surface area (Å²) in [4.78, 5) is 21.6. The molecule has 2 aliphatic carbocycles. The molecule has 3 rings (SSSR count). The topological polar surface area (TPSA) is 87.1 Å². The molecule has 3 atom stereocenters. The molecule has 6 heteroatoms. The Bertz CT molecular complexity index is 801. The predicted octanol–water partition coefficient (Wildman–Crippen LogP) is 4.88. The van der Waals surface area contributed by atoms with E-state index in [0.29, 0.717) is 17.6 Å². The number of fused-ring (bicyclic) bond motifs is 2. The van der Waals surface area contributed by atoms with Gasteiger partial charge in [-0.05, 0) is 49.2 Å². The second-order valence-corrected chi connectivity index (χ2v) is 10.0. The van der Waals surface area contributed by atoms with Gasteiger partial charge in [0.05, 0.1) is 12.2 Å². The fourth-order valence-electron chi connectivity index (χ4n) is 5.91. The first-order valence-electron chi connectivity index (χ1n) is 12.1. The summed E-state index contributed by atoms with van der Waals surface area (Å²) < 4.78 is 6.86. The predicted molar refractivity (Wildman–Crippen MR) is 130 cm³/mol. The van der Waals surface area contributed by atoms with Crippen LogP contribution in [0, 0.1) is 16.7 Å². The number of hydrogen-bond acceptors (Lipinski definition) is 4. The van der Waals surface area contributed by atoms with Gasteiger partial charge in [-0.15, -0.1) is 0 Å². The van der Waals surface area contributed by atoms with E-state index in [4.69, 9.17) is 14.9 Å². The standard InChI is InChI=1S/C23H37NO.C4H4O4/c1-6-24(7-2)15-16-25-23(17-19-11-9-8-10-12-19)18-20-13-14-22(23,5)21(20,3)4;5-3(6)1-2-4(7)8/h8-12,20H,6-7,13-18H2,1-5H3;1-2H,(H,5,6)(H,7,8)/b;2-1+. The second kappa shape index (κ2) is 11.3. The molecule has 1 aromatic carbocycles. The molecule has 0 amide bonds. The number of carbonyl (C=O) groups is 2. The number of ether oxygens (including phenoxy) is 1. The fourth-order valence-corrected chi connectivity index (χ4v) is 5.91. The van der Waals surface area contributed by atoms with Gasteiger partial charge in [0, 0.05) is 30.5 Å². The lowest BCUT2D eigenvalue weighted by atomic mass is 9.62. The molecule has 0 radical (unpaired) electrons. The van der Waals surface area contributed by atoms with Crippen molar-refractivity contribution in [1.29, 1.82) is 0 Å². The Morgan fingerprint density at radius 2 is 1.64 bits per heavy atom. The molecule has 2 fully saturated rings. The summed E-state index contributed by atoms with van der Waals surface area (Å²) in [6.45, 7) is 16.1. The Labute approximate surface area is 198 Å². The minimum absolute atomic E-state index is 0.00603. The van der Waals surface area contributed by atoms with Crippen molar-refractivity contribution >= 4 is 11.9 Å². The van der Waals surface area contributed by atoms with Gasteiger partial charge in [-0.2, -0.15) is 0 Å². The number of rotatable bonds is 10. The average Bonchev–Trinajstić information content (AvgIpc) is 3.09. The van der Waals surface area contributed by atoms with E-state index in [9.17, 15) is 9.59 Å². The van der Waals surface area contributed by atoms with E-state index in [-0.39, 0.29) is 11.0 Å². The van der Waals surface area contributed by atoms with Crippen molar-refractivity contribution in [3.8, 4) is 0 Å². The molecule has 6 nitrogen and oxygen atoms in total. The van der Waals surface area contributed by atoms with Gasteiger partial charge in [-0.25, -0.2) is 9.59 Å². The van der Waals surface area contributed by atoms with E-state index in [1.807, 2.05) is 0 Å². The van der Waals surface area contributed by atoms with Gasteiger partial charge in [0.15, 0.2) is 0 Å². The third kappa shape index (κ3) is 6.04. The molecular weight excluding hydrogens is 418 g/mol. The summed E-state index contributed by atoms with van der Waals surface area (Å²) >= 11 is 0. The summed E-state index contributed by atoms with van der Waals surface area (Å²) in [5, 5.41) is 15.6. The van der Waals surface area contributed by atoms with Crippen LogP contribution in [0.3, 0.4) is 0 Å². The van der Waals surface area contributed by atoms with Crippen LogP contribution in [0.4, 0.5) is 0 Å². The molecule has 0 aromatic heterocycles. The van der Waals surface area contributed by atoms with Crippen LogP contribution in [0.5, 0.6) is 0 Å². The highest BCUT2D eigenvalue weighted by Crippen LogP contribution is 2.71. The van der Waals surface area contributed by atoms with Crippen molar-refractivity contribution in [2.75, 3.05) is 26.2 Å². The Morgan fingerprint density at radius 3 is 2.06 bits per heavy atom. The number of benzene rings is 1. The molecule has 33 heavy (non-hydrogen) atoms. The van der Waals surface area contributed by atoms with Crippen LogP contribution in [0.1, 0.15) is 59.4 Å². The summed E-state index contributed by atoms with van der Waals surface area (Å²) in [6, 6.07) is 11.0. The molecule has 0 spiro atoms. The van der Waals surface area contributed by atoms with Gasteiger partial charge < -0.3 is 19.8 Å². The third-order valence-electron chi connectivity index (χ3n) is 8.40. The number of likely N-dealkylation sites (N-methyl/N-ethyl adjacent to an activating group) is 1. The van der Waals surface area contributed by atoms with Crippen LogP contribution in [0.15, 0.2) is 42.5 Å². The maximum absolute atomic E-state index is 9.55.